The molecule has 0 spiro atoms. The molecule has 0 bridgehead atoms. The second kappa shape index (κ2) is 7.94. The van der Waals surface area contributed by atoms with E-state index in [2.05, 4.69) is 20.2 Å². The molecule has 5 nitrogen and oxygen atoms in total. The van der Waals surface area contributed by atoms with Gasteiger partial charge in [-0.25, -0.2) is 9.37 Å². The van der Waals surface area contributed by atoms with Crippen molar-refractivity contribution in [1.29, 1.82) is 0 Å². The Kier molecular flexibility index (Phi) is 5.21. The van der Waals surface area contributed by atoms with Gasteiger partial charge in [0.05, 0.1) is 6.04 Å². The molecular weight excluding hydrogens is 355 g/mol. The minimum atomic E-state index is -0.260. The molecule has 1 fully saturated rings. The number of nitrogens with zero attached hydrogens (tertiary/aromatic N) is 2. The average molecular weight is 378 g/mol. The summed E-state index contributed by atoms with van der Waals surface area (Å²) in [6.45, 7) is 3.51. The third-order valence-corrected chi connectivity index (χ3v) is 5.11. The molecule has 3 aromatic rings. The van der Waals surface area contributed by atoms with Crippen LogP contribution in [0.3, 0.4) is 0 Å². The van der Waals surface area contributed by atoms with Gasteiger partial charge >= 0.3 is 0 Å². The van der Waals surface area contributed by atoms with Crippen LogP contribution in [0.4, 0.5) is 10.1 Å². The number of benzene rings is 2. The number of carbonyl (C=O) groups is 1. The molecule has 144 valence electrons. The quantitative estimate of drug-likeness (QED) is 0.702. The largest absolute Gasteiger partial charge is 0.345 e. The first kappa shape index (κ1) is 18.4. The highest BCUT2D eigenvalue weighted by Gasteiger charge is 2.31. The monoisotopic (exact) mass is 378 g/mol. The van der Waals surface area contributed by atoms with Crippen LogP contribution < -0.4 is 5.32 Å². The Morgan fingerprint density at radius 1 is 1.25 bits per heavy atom. The van der Waals surface area contributed by atoms with Crippen molar-refractivity contribution >= 4 is 11.6 Å². The minimum absolute atomic E-state index is 0.00671. The van der Waals surface area contributed by atoms with Crippen LogP contribution in [0.5, 0.6) is 0 Å². The molecule has 0 saturated carbocycles. The zero-order chi connectivity index (χ0) is 19.5. The number of likely N-dealkylation sites (tertiary alicyclic amines) is 1. The van der Waals surface area contributed by atoms with Gasteiger partial charge in [0.2, 0.25) is 5.91 Å². The van der Waals surface area contributed by atoms with Crippen molar-refractivity contribution in [3.8, 4) is 11.1 Å². The number of hydrogen-bond acceptors (Lipinski definition) is 3. The maximum atomic E-state index is 13.4. The second-order valence-corrected chi connectivity index (χ2v) is 7.20. The third kappa shape index (κ3) is 4.12. The summed E-state index contributed by atoms with van der Waals surface area (Å²) in [4.78, 5) is 22.4. The smallest absolute Gasteiger partial charge is 0.241 e. The molecule has 1 amide bonds. The van der Waals surface area contributed by atoms with Crippen molar-refractivity contribution in [2.75, 3.05) is 11.9 Å². The Hall–Kier alpha value is -2.99. The maximum absolute atomic E-state index is 13.4. The number of amides is 1. The summed E-state index contributed by atoms with van der Waals surface area (Å²) in [5.74, 6) is 0.629. The number of aromatic nitrogens is 2. The van der Waals surface area contributed by atoms with Crippen LogP contribution in [0.15, 0.2) is 54.7 Å². The number of nitrogens with one attached hydrogen (secondary N) is 2. The molecule has 2 aromatic carbocycles. The summed E-state index contributed by atoms with van der Waals surface area (Å²) in [5, 5.41) is 3.01. The predicted octanol–water partition coefficient (Wildman–Crippen LogP) is 4.13. The fourth-order valence-electron chi connectivity index (χ4n) is 3.72. The highest BCUT2D eigenvalue weighted by Crippen LogP contribution is 2.24. The first-order valence-corrected chi connectivity index (χ1v) is 9.50. The van der Waals surface area contributed by atoms with E-state index >= 15 is 0 Å². The van der Waals surface area contributed by atoms with Gasteiger partial charge in [-0.05, 0) is 61.7 Å². The number of H-pyrrole nitrogens is 1. The van der Waals surface area contributed by atoms with Gasteiger partial charge < -0.3 is 10.3 Å². The zero-order valence-corrected chi connectivity index (χ0v) is 15.8. The normalized spacial score (nSPS) is 17.0. The van der Waals surface area contributed by atoms with E-state index in [4.69, 9.17) is 0 Å². The maximum Gasteiger partial charge on any atom is 0.241 e. The van der Waals surface area contributed by atoms with Gasteiger partial charge in [-0.15, -0.1) is 0 Å². The summed E-state index contributed by atoms with van der Waals surface area (Å²) in [7, 11) is 0. The highest BCUT2D eigenvalue weighted by atomic mass is 19.1. The Bertz CT molecular complexity index is 967. The molecule has 1 aliphatic rings. The summed E-state index contributed by atoms with van der Waals surface area (Å²) in [6.07, 6.45) is 3.68. The van der Waals surface area contributed by atoms with E-state index in [1.807, 2.05) is 43.5 Å². The van der Waals surface area contributed by atoms with E-state index in [0.29, 0.717) is 6.54 Å². The van der Waals surface area contributed by atoms with Gasteiger partial charge in [0.25, 0.3) is 0 Å². The van der Waals surface area contributed by atoms with Gasteiger partial charge in [-0.2, -0.15) is 0 Å². The average Bonchev–Trinajstić information content (AvgIpc) is 3.31. The zero-order valence-electron chi connectivity index (χ0n) is 15.8. The Morgan fingerprint density at radius 2 is 2.07 bits per heavy atom. The molecule has 1 saturated heterocycles. The molecule has 0 aliphatic carbocycles. The number of aryl methyl sites for hydroxylation is 1. The van der Waals surface area contributed by atoms with Crippen molar-refractivity contribution < 1.29 is 9.18 Å². The highest BCUT2D eigenvalue weighted by molar-refractivity contribution is 5.95. The molecular formula is C22H23FN4O. The number of rotatable bonds is 5. The lowest BCUT2D eigenvalue weighted by Crippen LogP contribution is -2.39. The lowest BCUT2D eigenvalue weighted by Gasteiger charge is -2.23. The first-order valence-electron chi connectivity index (χ1n) is 9.50. The summed E-state index contributed by atoms with van der Waals surface area (Å²) < 4.78 is 13.4. The molecule has 2 N–H and O–H groups in total. The Balaban J connectivity index is 1.41. The fourth-order valence-corrected chi connectivity index (χ4v) is 3.72. The number of aromatic amines is 1. The fraction of sp³-hybridized carbons (Fsp3) is 0.273. The Labute approximate surface area is 163 Å². The van der Waals surface area contributed by atoms with E-state index < -0.39 is 0 Å². The molecule has 1 aromatic heterocycles. The van der Waals surface area contributed by atoms with Crippen LogP contribution in [-0.4, -0.2) is 33.4 Å². The second-order valence-electron chi connectivity index (χ2n) is 7.20. The van der Waals surface area contributed by atoms with Crippen molar-refractivity contribution in [3.05, 3.63) is 72.1 Å². The molecule has 4 rings (SSSR count). The van der Waals surface area contributed by atoms with Crippen molar-refractivity contribution in [1.82, 2.24) is 14.9 Å². The summed E-state index contributed by atoms with van der Waals surface area (Å²) in [5.41, 5.74) is 3.50. The molecule has 2 heterocycles. The van der Waals surface area contributed by atoms with Gasteiger partial charge in [0, 0.05) is 24.1 Å². The van der Waals surface area contributed by atoms with Crippen molar-refractivity contribution in [3.63, 3.8) is 0 Å². The predicted molar refractivity (Wildman–Crippen MR) is 107 cm³/mol. The molecule has 1 atom stereocenters. The van der Waals surface area contributed by atoms with E-state index in [1.54, 1.807) is 6.07 Å². The van der Waals surface area contributed by atoms with Crippen molar-refractivity contribution in [2.45, 2.75) is 32.4 Å². The van der Waals surface area contributed by atoms with Crippen LogP contribution in [0.25, 0.3) is 11.1 Å². The number of carbonyl (C=O) groups excluding carboxylic acids is 1. The molecule has 28 heavy (non-hydrogen) atoms. The SMILES string of the molecule is Cc1ncc(CN2CCCC2C(=O)Nc2ccc(-c3cccc(F)c3)cc2)[nH]1. The van der Waals surface area contributed by atoms with E-state index in [9.17, 15) is 9.18 Å². The first-order chi connectivity index (χ1) is 13.6. The van der Waals surface area contributed by atoms with Gasteiger partial charge in [-0.1, -0.05) is 24.3 Å². The standard InChI is InChI=1S/C22H23FN4O/c1-15-24-13-20(25-15)14-27-11-3-6-21(27)22(28)26-19-9-7-16(8-10-19)17-4-2-5-18(23)12-17/h2,4-5,7-10,12-13,21H,3,6,11,14H2,1H3,(H,24,25)(H,26,28). The number of hydrogen-bond donors (Lipinski definition) is 2. The van der Waals surface area contributed by atoms with Gasteiger partial charge in [-0.3, -0.25) is 9.69 Å². The Morgan fingerprint density at radius 3 is 2.79 bits per heavy atom. The van der Waals surface area contributed by atoms with Crippen LogP contribution >= 0.6 is 0 Å². The van der Waals surface area contributed by atoms with Gasteiger partial charge in [0.1, 0.15) is 11.6 Å². The molecule has 6 heteroatoms. The van der Waals surface area contributed by atoms with Crippen LogP contribution in [0, 0.1) is 12.7 Å². The topological polar surface area (TPSA) is 61.0 Å². The minimum Gasteiger partial charge on any atom is -0.345 e. The molecule has 1 aliphatic heterocycles. The third-order valence-electron chi connectivity index (χ3n) is 5.11. The van der Waals surface area contributed by atoms with Crippen LogP contribution in [0.2, 0.25) is 0 Å². The number of imidazole rings is 1. The van der Waals surface area contributed by atoms with Gasteiger partial charge in [0.15, 0.2) is 0 Å². The van der Waals surface area contributed by atoms with E-state index in [0.717, 1.165) is 47.7 Å². The number of halogens is 1. The lowest BCUT2D eigenvalue weighted by molar-refractivity contribution is -0.120. The summed E-state index contributed by atoms with van der Waals surface area (Å²) >= 11 is 0. The molecule has 1 unspecified atom stereocenters. The summed E-state index contributed by atoms with van der Waals surface area (Å²) in [6, 6.07) is 13.8. The van der Waals surface area contributed by atoms with Crippen molar-refractivity contribution in [2.24, 2.45) is 0 Å². The van der Waals surface area contributed by atoms with E-state index in [1.165, 1.54) is 12.1 Å². The van der Waals surface area contributed by atoms with E-state index in [-0.39, 0.29) is 17.8 Å². The lowest BCUT2D eigenvalue weighted by atomic mass is 10.1. The van der Waals surface area contributed by atoms with Crippen LogP contribution in [0.1, 0.15) is 24.4 Å². The van der Waals surface area contributed by atoms with Crippen LogP contribution in [-0.2, 0) is 11.3 Å². The molecule has 0 radical (unpaired) electrons. The number of anilines is 1.